The Morgan fingerprint density at radius 1 is 0.926 bits per heavy atom. The van der Waals surface area contributed by atoms with Gasteiger partial charge in [-0.15, -0.1) is 0 Å². The van der Waals surface area contributed by atoms with E-state index in [0.29, 0.717) is 15.7 Å². The minimum absolute atomic E-state index is 0.130. The summed E-state index contributed by atoms with van der Waals surface area (Å²) in [6.07, 6.45) is 0. The smallest absolute Gasteiger partial charge is 0.244 e. The van der Waals surface area contributed by atoms with Crippen molar-refractivity contribution in [1.82, 2.24) is 9.55 Å². The summed E-state index contributed by atoms with van der Waals surface area (Å²) in [7, 11) is 0. The number of amides is 1. The number of hydrogen-bond donors (Lipinski definition) is 1. The maximum atomic E-state index is 12.7. The molecule has 4 aromatic rings. The molecule has 1 heterocycles. The van der Waals surface area contributed by atoms with Crippen LogP contribution in [0.15, 0.2) is 72.8 Å². The zero-order chi connectivity index (χ0) is 18.8. The van der Waals surface area contributed by atoms with Crippen molar-refractivity contribution in [3.8, 4) is 11.4 Å². The van der Waals surface area contributed by atoms with Crippen molar-refractivity contribution in [2.75, 3.05) is 5.32 Å². The molecule has 4 rings (SSSR count). The Hall–Kier alpha value is -2.82. The third kappa shape index (κ3) is 3.68. The lowest BCUT2D eigenvalue weighted by molar-refractivity contribution is -0.116. The molecule has 1 N–H and O–H groups in total. The minimum Gasteiger partial charge on any atom is -0.324 e. The Labute approximate surface area is 166 Å². The highest BCUT2D eigenvalue weighted by molar-refractivity contribution is 6.42. The summed E-state index contributed by atoms with van der Waals surface area (Å²) < 4.78 is 1.91. The Kier molecular flexibility index (Phi) is 4.84. The average Bonchev–Trinajstić information content (AvgIpc) is 3.04. The first-order valence-electron chi connectivity index (χ1n) is 8.37. The van der Waals surface area contributed by atoms with Crippen molar-refractivity contribution in [2.45, 2.75) is 6.54 Å². The molecule has 0 atom stereocenters. The van der Waals surface area contributed by atoms with Crippen molar-refractivity contribution in [3.63, 3.8) is 0 Å². The second-order valence-electron chi connectivity index (χ2n) is 6.05. The predicted molar refractivity (Wildman–Crippen MR) is 110 cm³/mol. The number of halogens is 2. The largest absolute Gasteiger partial charge is 0.324 e. The van der Waals surface area contributed by atoms with E-state index in [1.54, 1.807) is 18.2 Å². The molecule has 0 fully saturated rings. The van der Waals surface area contributed by atoms with Crippen LogP contribution in [-0.2, 0) is 11.3 Å². The number of imidazole rings is 1. The first-order chi connectivity index (χ1) is 13.1. The van der Waals surface area contributed by atoms with Gasteiger partial charge in [0.15, 0.2) is 0 Å². The summed E-state index contributed by atoms with van der Waals surface area (Å²) >= 11 is 12.0. The van der Waals surface area contributed by atoms with Crippen LogP contribution < -0.4 is 5.32 Å². The van der Waals surface area contributed by atoms with Crippen molar-refractivity contribution in [2.24, 2.45) is 0 Å². The molecule has 0 aliphatic carbocycles. The molecule has 0 unspecified atom stereocenters. The Morgan fingerprint density at radius 3 is 2.44 bits per heavy atom. The fraction of sp³-hybridized carbons (Fsp3) is 0.0476. The van der Waals surface area contributed by atoms with Gasteiger partial charge in [-0.05, 0) is 30.3 Å². The van der Waals surface area contributed by atoms with Crippen molar-refractivity contribution < 1.29 is 4.79 Å². The molecule has 0 aliphatic rings. The molecule has 0 saturated carbocycles. The Bertz CT molecular complexity index is 1120. The van der Waals surface area contributed by atoms with E-state index in [1.165, 1.54) is 0 Å². The molecule has 27 heavy (non-hydrogen) atoms. The van der Waals surface area contributed by atoms with E-state index in [1.807, 2.05) is 59.2 Å². The number of rotatable bonds is 4. The highest BCUT2D eigenvalue weighted by Gasteiger charge is 2.15. The number of hydrogen-bond acceptors (Lipinski definition) is 2. The fourth-order valence-electron chi connectivity index (χ4n) is 2.96. The van der Waals surface area contributed by atoms with Crippen LogP contribution >= 0.6 is 23.2 Å². The van der Waals surface area contributed by atoms with E-state index in [4.69, 9.17) is 28.2 Å². The number of carbonyl (C=O) groups is 1. The highest BCUT2D eigenvalue weighted by atomic mass is 35.5. The zero-order valence-corrected chi connectivity index (χ0v) is 15.7. The standard InChI is InChI=1S/C21H15Cl2N3O/c22-16-11-10-15(12-17(16)23)24-20(27)13-26-19-9-5-4-8-18(19)25-21(26)14-6-2-1-3-7-14/h1-12H,13H2,(H,24,27). The van der Waals surface area contributed by atoms with Gasteiger partial charge < -0.3 is 9.88 Å². The Balaban J connectivity index is 1.68. The van der Waals surface area contributed by atoms with Crippen LogP contribution in [0.3, 0.4) is 0 Å². The Morgan fingerprint density at radius 2 is 1.67 bits per heavy atom. The van der Waals surface area contributed by atoms with Gasteiger partial charge in [0.25, 0.3) is 0 Å². The molecule has 1 amide bonds. The number of carbonyl (C=O) groups excluding carboxylic acids is 1. The molecule has 0 saturated heterocycles. The SMILES string of the molecule is O=C(Cn1c(-c2ccccc2)nc2ccccc21)Nc1ccc(Cl)c(Cl)c1. The number of aromatic nitrogens is 2. The number of nitrogens with zero attached hydrogens (tertiary/aromatic N) is 2. The molecule has 134 valence electrons. The van der Waals surface area contributed by atoms with Gasteiger partial charge in [-0.25, -0.2) is 4.98 Å². The normalized spacial score (nSPS) is 10.9. The summed E-state index contributed by atoms with van der Waals surface area (Å²) in [6, 6.07) is 22.6. The zero-order valence-electron chi connectivity index (χ0n) is 14.2. The van der Waals surface area contributed by atoms with Gasteiger partial charge in [0.2, 0.25) is 5.91 Å². The van der Waals surface area contributed by atoms with Crippen molar-refractivity contribution in [1.29, 1.82) is 0 Å². The topological polar surface area (TPSA) is 46.9 Å². The second-order valence-corrected chi connectivity index (χ2v) is 6.87. The first kappa shape index (κ1) is 17.6. The van der Waals surface area contributed by atoms with Crippen LogP contribution in [0.1, 0.15) is 0 Å². The van der Waals surface area contributed by atoms with Crippen LogP contribution in [-0.4, -0.2) is 15.5 Å². The molecule has 0 radical (unpaired) electrons. The van der Waals surface area contributed by atoms with E-state index in [2.05, 4.69) is 5.32 Å². The lowest BCUT2D eigenvalue weighted by atomic mass is 10.2. The first-order valence-corrected chi connectivity index (χ1v) is 9.13. The van der Waals surface area contributed by atoms with Crippen molar-refractivity contribution >= 4 is 45.8 Å². The lowest BCUT2D eigenvalue weighted by Crippen LogP contribution is -2.19. The van der Waals surface area contributed by atoms with Gasteiger partial charge in [0, 0.05) is 11.3 Å². The lowest BCUT2D eigenvalue weighted by Gasteiger charge is -2.11. The molecular weight excluding hydrogens is 381 g/mol. The van der Waals surface area contributed by atoms with Gasteiger partial charge >= 0.3 is 0 Å². The molecular formula is C21H15Cl2N3O. The van der Waals surface area contributed by atoms with Gasteiger partial charge in [-0.1, -0.05) is 65.7 Å². The second kappa shape index (κ2) is 7.43. The van der Waals surface area contributed by atoms with Gasteiger partial charge in [-0.3, -0.25) is 4.79 Å². The highest BCUT2D eigenvalue weighted by Crippen LogP contribution is 2.26. The van der Waals surface area contributed by atoms with Crippen LogP contribution in [0.4, 0.5) is 5.69 Å². The van der Waals surface area contributed by atoms with Gasteiger partial charge in [-0.2, -0.15) is 0 Å². The molecule has 0 spiro atoms. The molecule has 4 nitrogen and oxygen atoms in total. The van der Waals surface area contributed by atoms with Gasteiger partial charge in [0.05, 0.1) is 21.1 Å². The number of fused-ring (bicyclic) bond motifs is 1. The summed E-state index contributed by atoms with van der Waals surface area (Å²) in [5.41, 5.74) is 3.30. The van der Waals surface area contributed by atoms with E-state index >= 15 is 0 Å². The van der Waals surface area contributed by atoms with Crippen LogP contribution in [0.5, 0.6) is 0 Å². The predicted octanol–water partition coefficient (Wildman–Crippen LogP) is 5.65. The van der Waals surface area contributed by atoms with Crippen molar-refractivity contribution in [3.05, 3.63) is 82.8 Å². The van der Waals surface area contributed by atoms with Crippen LogP contribution in [0.2, 0.25) is 10.0 Å². The quantitative estimate of drug-likeness (QED) is 0.485. The number of nitrogens with one attached hydrogen (secondary N) is 1. The third-order valence-electron chi connectivity index (χ3n) is 4.19. The molecule has 1 aromatic heterocycles. The van der Waals surface area contributed by atoms with E-state index in [0.717, 1.165) is 22.4 Å². The molecule has 0 aliphatic heterocycles. The molecule has 3 aromatic carbocycles. The maximum Gasteiger partial charge on any atom is 0.244 e. The fourth-order valence-corrected chi connectivity index (χ4v) is 3.26. The summed E-state index contributed by atoms with van der Waals surface area (Å²) in [6.45, 7) is 0.130. The molecule has 0 bridgehead atoms. The van der Waals surface area contributed by atoms with E-state index in [9.17, 15) is 4.79 Å². The summed E-state index contributed by atoms with van der Waals surface area (Å²) in [4.78, 5) is 17.4. The average molecular weight is 396 g/mol. The van der Waals surface area contributed by atoms with E-state index in [-0.39, 0.29) is 12.5 Å². The minimum atomic E-state index is -0.172. The monoisotopic (exact) mass is 395 g/mol. The summed E-state index contributed by atoms with van der Waals surface area (Å²) in [5, 5.41) is 3.70. The van der Waals surface area contributed by atoms with Crippen LogP contribution in [0.25, 0.3) is 22.4 Å². The van der Waals surface area contributed by atoms with E-state index < -0.39 is 0 Å². The number of para-hydroxylation sites is 2. The van der Waals surface area contributed by atoms with Crippen LogP contribution in [0, 0.1) is 0 Å². The molecule has 6 heteroatoms. The number of anilines is 1. The van der Waals surface area contributed by atoms with Gasteiger partial charge in [0.1, 0.15) is 12.4 Å². The maximum absolute atomic E-state index is 12.7. The summed E-state index contributed by atoms with van der Waals surface area (Å²) in [5.74, 6) is 0.579. The third-order valence-corrected chi connectivity index (χ3v) is 4.93. The number of benzene rings is 3.